The molecule has 2 aromatic carbocycles. The van der Waals surface area contributed by atoms with Crippen molar-refractivity contribution < 1.29 is 30.7 Å². The monoisotopic (exact) mass is 486 g/mol. The summed E-state index contributed by atoms with van der Waals surface area (Å²) < 4.78 is 75.0. The predicted molar refractivity (Wildman–Crippen MR) is 115 cm³/mol. The van der Waals surface area contributed by atoms with Gasteiger partial charge in [0.2, 0.25) is 0 Å². The SMILES string of the molecule is O=c1cc(-c2ccc(C(F)(F)F)cc2OCCCS(=O)(=O)C2CC2)oc2c(Cl)cccc12. The van der Waals surface area contributed by atoms with Crippen molar-refractivity contribution in [3.05, 3.63) is 63.3 Å². The lowest BCUT2D eigenvalue weighted by Gasteiger charge is -2.15. The van der Waals surface area contributed by atoms with Crippen LogP contribution in [0.3, 0.4) is 0 Å². The van der Waals surface area contributed by atoms with Crippen molar-refractivity contribution in [1.82, 2.24) is 0 Å². The summed E-state index contributed by atoms with van der Waals surface area (Å²) >= 11 is 6.12. The average molecular weight is 487 g/mol. The van der Waals surface area contributed by atoms with Crippen LogP contribution in [0.15, 0.2) is 51.7 Å². The lowest BCUT2D eigenvalue weighted by molar-refractivity contribution is -0.137. The van der Waals surface area contributed by atoms with Gasteiger partial charge in [-0.2, -0.15) is 13.2 Å². The van der Waals surface area contributed by atoms with E-state index < -0.39 is 27.0 Å². The number of fused-ring (bicyclic) bond motifs is 1. The van der Waals surface area contributed by atoms with E-state index in [0.29, 0.717) is 12.8 Å². The number of hydrogen-bond donors (Lipinski definition) is 0. The fraction of sp³-hybridized carbons (Fsp3) is 0.318. The summed E-state index contributed by atoms with van der Waals surface area (Å²) in [5.41, 5.74) is -1.12. The van der Waals surface area contributed by atoms with Gasteiger partial charge >= 0.3 is 6.18 Å². The highest BCUT2D eigenvalue weighted by Gasteiger charge is 2.35. The van der Waals surface area contributed by atoms with Crippen LogP contribution in [-0.4, -0.2) is 26.0 Å². The summed E-state index contributed by atoms with van der Waals surface area (Å²) in [6.45, 7) is -0.112. The molecular formula is C22H18ClF3O5S. The Morgan fingerprint density at radius 2 is 1.88 bits per heavy atom. The molecule has 32 heavy (non-hydrogen) atoms. The molecule has 3 aromatic rings. The Balaban J connectivity index is 1.67. The molecule has 1 saturated carbocycles. The Bertz CT molecular complexity index is 1330. The smallest absolute Gasteiger partial charge is 0.416 e. The molecule has 0 atom stereocenters. The van der Waals surface area contributed by atoms with Gasteiger partial charge in [0.05, 0.1) is 39.1 Å². The molecule has 0 N–H and O–H groups in total. The number of alkyl halides is 3. The highest BCUT2D eigenvalue weighted by atomic mass is 35.5. The maximum atomic E-state index is 13.2. The Labute approximate surface area is 186 Å². The van der Waals surface area contributed by atoms with Crippen LogP contribution in [0, 0.1) is 0 Å². The van der Waals surface area contributed by atoms with Crippen molar-refractivity contribution in [2.75, 3.05) is 12.4 Å². The predicted octanol–water partition coefficient (Wildman–Crippen LogP) is 5.48. The van der Waals surface area contributed by atoms with Gasteiger partial charge in [-0.25, -0.2) is 8.42 Å². The number of halogens is 4. The summed E-state index contributed by atoms with van der Waals surface area (Å²) in [5.74, 6) is -0.282. The number of hydrogen-bond acceptors (Lipinski definition) is 5. The van der Waals surface area contributed by atoms with E-state index in [9.17, 15) is 26.4 Å². The van der Waals surface area contributed by atoms with Crippen LogP contribution in [0.4, 0.5) is 13.2 Å². The van der Waals surface area contributed by atoms with Crippen LogP contribution in [-0.2, 0) is 16.0 Å². The Hall–Kier alpha value is -2.52. The van der Waals surface area contributed by atoms with Crippen molar-refractivity contribution in [1.29, 1.82) is 0 Å². The summed E-state index contributed by atoms with van der Waals surface area (Å²) in [7, 11) is -3.20. The van der Waals surface area contributed by atoms with Crippen LogP contribution < -0.4 is 10.2 Å². The average Bonchev–Trinajstić information content (AvgIpc) is 3.57. The molecule has 4 rings (SSSR count). The molecule has 1 aromatic heterocycles. The van der Waals surface area contributed by atoms with Crippen molar-refractivity contribution >= 4 is 32.4 Å². The maximum absolute atomic E-state index is 13.2. The first-order valence-electron chi connectivity index (χ1n) is 9.84. The van der Waals surface area contributed by atoms with Crippen molar-refractivity contribution in [3.63, 3.8) is 0 Å². The topological polar surface area (TPSA) is 73.6 Å². The third-order valence-corrected chi connectivity index (χ3v) is 7.79. The van der Waals surface area contributed by atoms with Crippen LogP contribution in [0.1, 0.15) is 24.8 Å². The zero-order valence-electron chi connectivity index (χ0n) is 16.6. The molecule has 0 unspecified atom stereocenters. The number of ether oxygens (including phenoxy) is 1. The lowest BCUT2D eigenvalue weighted by atomic mass is 10.1. The molecule has 1 aliphatic carbocycles. The van der Waals surface area contributed by atoms with Gasteiger partial charge < -0.3 is 9.15 Å². The van der Waals surface area contributed by atoms with Gasteiger partial charge in [-0.3, -0.25) is 4.79 Å². The zero-order chi connectivity index (χ0) is 23.1. The van der Waals surface area contributed by atoms with Crippen molar-refractivity contribution in [2.45, 2.75) is 30.7 Å². The standard InChI is InChI=1S/C22H18ClF3O5S/c23-17-4-1-3-15-18(27)12-20(31-21(15)17)16-8-5-13(22(24,25)26)11-19(16)30-9-2-10-32(28,29)14-6-7-14/h1,3-5,8,11-12,14H,2,6-7,9-10H2. The molecule has 5 nitrogen and oxygen atoms in total. The van der Waals surface area contributed by atoms with E-state index in [-0.39, 0.29) is 57.1 Å². The third kappa shape index (κ3) is 4.78. The Morgan fingerprint density at radius 3 is 2.56 bits per heavy atom. The molecular weight excluding hydrogens is 469 g/mol. The zero-order valence-corrected chi connectivity index (χ0v) is 18.2. The first kappa shape index (κ1) is 22.7. The van der Waals surface area contributed by atoms with Gasteiger partial charge in [-0.1, -0.05) is 17.7 Å². The second kappa shape index (κ2) is 8.44. The number of rotatable bonds is 7. The normalized spacial score (nSPS) is 14.6. The molecule has 0 spiro atoms. The molecule has 10 heteroatoms. The van der Waals surface area contributed by atoms with E-state index in [1.807, 2.05) is 0 Å². The highest BCUT2D eigenvalue weighted by Crippen LogP contribution is 2.38. The largest absolute Gasteiger partial charge is 0.493 e. The number of sulfone groups is 1. The number of benzene rings is 2. The highest BCUT2D eigenvalue weighted by molar-refractivity contribution is 7.92. The van der Waals surface area contributed by atoms with Crippen molar-refractivity contribution in [2.24, 2.45) is 0 Å². The Kier molecular flexibility index (Phi) is 5.98. The van der Waals surface area contributed by atoms with Crippen LogP contribution >= 0.6 is 11.6 Å². The molecule has 0 saturated heterocycles. The minimum Gasteiger partial charge on any atom is -0.493 e. The summed E-state index contributed by atoms with van der Waals surface area (Å²) in [6, 6.07) is 8.62. The fourth-order valence-corrected chi connectivity index (χ4v) is 5.25. The van der Waals surface area contributed by atoms with Gasteiger partial charge in [-0.15, -0.1) is 0 Å². The minimum atomic E-state index is -4.61. The van der Waals surface area contributed by atoms with Crippen molar-refractivity contribution in [3.8, 4) is 17.1 Å². The number of para-hydroxylation sites is 1. The molecule has 0 bridgehead atoms. The van der Waals surface area contributed by atoms with E-state index in [4.69, 9.17) is 20.8 Å². The lowest BCUT2D eigenvalue weighted by Crippen LogP contribution is -2.14. The third-order valence-electron chi connectivity index (χ3n) is 5.14. The summed E-state index contributed by atoms with van der Waals surface area (Å²) in [6.07, 6.45) is -3.20. The van der Waals surface area contributed by atoms with Gasteiger partial charge in [-0.05, 0) is 49.6 Å². The van der Waals surface area contributed by atoms with Gasteiger partial charge in [0, 0.05) is 6.07 Å². The molecule has 170 valence electrons. The van der Waals surface area contributed by atoms with Crippen LogP contribution in [0.25, 0.3) is 22.3 Å². The molecule has 0 aliphatic heterocycles. The first-order chi connectivity index (χ1) is 15.1. The van der Waals surface area contributed by atoms with E-state index in [1.165, 1.54) is 12.1 Å². The van der Waals surface area contributed by atoms with Crippen LogP contribution in [0.5, 0.6) is 5.75 Å². The quantitative estimate of drug-likeness (QED) is 0.413. The van der Waals surface area contributed by atoms with E-state index in [2.05, 4.69) is 0 Å². The molecule has 1 heterocycles. The molecule has 0 radical (unpaired) electrons. The first-order valence-corrected chi connectivity index (χ1v) is 11.9. The minimum absolute atomic E-state index is 0.00933. The van der Waals surface area contributed by atoms with Gasteiger partial charge in [0.15, 0.2) is 20.8 Å². The second-order valence-electron chi connectivity index (χ2n) is 7.57. The summed E-state index contributed by atoms with van der Waals surface area (Å²) in [5, 5.41) is 0.102. The van der Waals surface area contributed by atoms with E-state index in [0.717, 1.165) is 24.3 Å². The molecule has 1 fully saturated rings. The molecule has 1 aliphatic rings. The van der Waals surface area contributed by atoms with Gasteiger partial charge in [0.25, 0.3) is 0 Å². The van der Waals surface area contributed by atoms with Gasteiger partial charge in [0.1, 0.15) is 11.5 Å². The molecule has 0 amide bonds. The fourth-order valence-electron chi connectivity index (χ4n) is 3.33. The summed E-state index contributed by atoms with van der Waals surface area (Å²) in [4.78, 5) is 12.5. The van der Waals surface area contributed by atoms with E-state index >= 15 is 0 Å². The van der Waals surface area contributed by atoms with E-state index in [1.54, 1.807) is 6.07 Å². The Morgan fingerprint density at radius 1 is 1.12 bits per heavy atom. The maximum Gasteiger partial charge on any atom is 0.416 e. The second-order valence-corrected chi connectivity index (χ2v) is 10.4. The van der Waals surface area contributed by atoms with Crippen LogP contribution in [0.2, 0.25) is 5.02 Å².